The first kappa shape index (κ1) is 25.1. The zero-order chi connectivity index (χ0) is 23.8. The molecular formula is C28H38N2O3. The fourth-order valence-corrected chi connectivity index (χ4v) is 4.85. The van der Waals surface area contributed by atoms with E-state index in [-0.39, 0.29) is 11.3 Å². The van der Waals surface area contributed by atoms with Crippen molar-refractivity contribution in [3.8, 4) is 0 Å². The minimum Gasteiger partial charge on any atom is -0.350 e. The van der Waals surface area contributed by atoms with Gasteiger partial charge in [0.2, 0.25) is 0 Å². The number of allylic oxidation sites excluding steroid dienone is 2. The van der Waals surface area contributed by atoms with Gasteiger partial charge in [0.1, 0.15) is 0 Å². The molecule has 1 saturated carbocycles. The summed E-state index contributed by atoms with van der Waals surface area (Å²) in [4.78, 5) is 23.2. The number of carbonyl (C=O) groups is 1. The van der Waals surface area contributed by atoms with Crippen molar-refractivity contribution < 1.29 is 14.4 Å². The van der Waals surface area contributed by atoms with E-state index in [1.807, 2.05) is 12.1 Å². The summed E-state index contributed by atoms with van der Waals surface area (Å²) in [5.41, 5.74) is 3.09. The Kier molecular flexibility index (Phi) is 8.81. The third-order valence-corrected chi connectivity index (χ3v) is 7.06. The predicted molar refractivity (Wildman–Crippen MR) is 133 cm³/mol. The van der Waals surface area contributed by atoms with E-state index in [2.05, 4.69) is 44.6 Å². The first-order valence-corrected chi connectivity index (χ1v) is 12.0. The van der Waals surface area contributed by atoms with E-state index in [1.54, 1.807) is 18.5 Å². The van der Waals surface area contributed by atoms with Crippen LogP contribution < -0.4 is 0 Å². The Morgan fingerprint density at radius 3 is 2.82 bits per heavy atom. The minimum absolute atomic E-state index is 0.0526. The molecule has 33 heavy (non-hydrogen) atoms. The van der Waals surface area contributed by atoms with Crippen molar-refractivity contribution in [3.63, 3.8) is 0 Å². The average molecular weight is 451 g/mol. The number of hydrogen-bond donors (Lipinski definition) is 0. The Hall–Kier alpha value is -2.50. The highest BCUT2D eigenvalue weighted by atomic mass is 16.8. The fourth-order valence-electron chi connectivity index (χ4n) is 4.85. The number of carbonyl (C=O) groups excluding carboxylic acids is 1. The van der Waals surface area contributed by atoms with Crippen LogP contribution in [0.15, 0.2) is 67.6 Å². The summed E-state index contributed by atoms with van der Waals surface area (Å²) in [6, 6.07) is 3.75. The summed E-state index contributed by atoms with van der Waals surface area (Å²) in [6.45, 7) is 18.1. The first-order chi connectivity index (χ1) is 15.8. The highest BCUT2D eigenvalue weighted by Gasteiger charge is 2.39. The summed E-state index contributed by atoms with van der Waals surface area (Å²) in [5.74, 6) is 0.424. The van der Waals surface area contributed by atoms with Gasteiger partial charge in [-0.1, -0.05) is 43.4 Å². The smallest absolute Gasteiger partial charge is 0.270 e. The molecule has 5 heteroatoms. The van der Waals surface area contributed by atoms with Crippen molar-refractivity contribution in [3.05, 3.63) is 73.1 Å². The molecule has 1 aliphatic carbocycles. The lowest BCUT2D eigenvalue weighted by Crippen LogP contribution is -2.40. The molecule has 1 amide bonds. The van der Waals surface area contributed by atoms with Gasteiger partial charge in [-0.3, -0.25) is 9.78 Å². The highest BCUT2D eigenvalue weighted by Crippen LogP contribution is 2.48. The lowest BCUT2D eigenvalue weighted by molar-refractivity contribution is -0.275. The fraction of sp³-hybridized carbons (Fsp3) is 0.500. The summed E-state index contributed by atoms with van der Waals surface area (Å²) in [5, 5.41) is 1.42. The maximum Gasteiger partial charge on any atom is 0.270 e. The molecule has 0 bridgehead atoms. The standard InChI is InChI=1S/C28H38N2O3/c1-6-28(5)15-14-24(18-25(28)21(2)3)22(4)20-30(33-27-11-7-8-17-32-27)26(31)13-12-23-10-9-16-29-19-23/h6,9-10,12-13,16,19,24-25,27H,1-2,4,7-8,11,14-15,17-18,20H2,3,5H3/b13-12+/t24-,25+,27?,28-/m1/s1. The number of rotatable bonds is 9. The van der Waals surface area contributed by atoms with Crippen LogP contribution in [0.2, 0.25) is 0 Å². The van der Waals surface area contributed by atoms with Gasteiger partial charge in [0.25, 0.3) is 5.91 Å². The van der Waals surface area contributed by atoms with E-state index < -0.39 is 6.29 Å². The third-order valence-electron chi connectivity index (χ3n) is 7.06. The molecule has 2 heterocycles. The van der Waals surface area contributed by atoms with E-state index in [1.165, 1.54) is 16.7 Å². The highest BCUT2D eigenvalue weighted by molar-refractivity contribution is 5.91. The van der Waals surface area contributed by atoms with Crippen molar-refractivity contribution in [1.29, 1.82) is 0 Å². The number of amides is 1. The number of hydroxylamine groups is 2. The number of aromatic nitrogens is 1. The van der Waals surface area contributed by atoms with Crippen LogP contribution in [-0.2, 0) is 14.4 Å². The zero-order valence-corrected chi connectivity index (χ0v) is 20.2. The van der Waals surface area contributed by atoms with Crippen molar-refractivity contribution in [2.45, 2.75) is 58.7 Å². The average Bonchev–Trinajstić information content (AvgIpc) is 2.83. The summed E-state index contributed by atoms with van der Waals surface area (Å²) < 4.78 is 5.74. The van der Waals surface area contributed by atoms with E-state index in [0.717, 1.165) is 49.7 Å². The van der Waals surface area contributed by atoms with Crippen LogP contribution in [0.25, 0.3) is 6.08 Å². The number of pyridine rings is 1. The topological polar surface area (TPSA) is 51.7 Å². The Bertz CT molecular complexity index is 872. The molecule has 1 saturated heterocycles. The Morgan fingerprint density at radius 2 is 2.18 bits per heavy atom. The van der Waals surface area contributed by atoms with Gasteiger partial charge < -0.3 is 4.74 Å². The monoisotopic (exact) mass is 450 g/mol. The molecule has 1 aliphatic heterocycles. The molecule has 0 aromatic carbocycles. The van der Waals surface area contributed by atoms with Crippen LogP contribution in [0.3, 0.4) is 0 Å². The van der Waals surface area contributed by atoms with E-state index in [4.69, 9.17) is 9.57 Å². The van der Waals surface area contributed by atoms with Crippen molar-refractivity contribution in [2.75, 3.05) is 13.2 Å². The van der Waals surface area contributed by atoms with Crippen LogP contribution in [0.4, 0.5) is 0 Å². The second kappa shape index (κ2) is 11.6. The van der Waals surface area contributed by atoms with Crippen molar-refractivity contribution >= 4 is 12.0 Å². The normalized spacial score (nSPS) is 27.8. The Morgan fingerprint density at radius 1 is 1.36 bits per heavy atom. The van der Waals surface area contributed by atoms with Gasteiger partial charge in [-0.25, -0.2) is 9.90 Å². The second-order valence-electron chi connectivity index (χ2n) is 9.63. The molecule has 1 aromatic heterocycles. The molecule has 0 N–H and O–H groups in total. The molecule has 2 aliphatic rings. The Labute approximate surface area is 198 Å². The van der Waals surface area contributed by atoms with Crippen molar-refractivity contribution in [2.24, 2.45) is 17.3 Å². The first-order valence-electron chi connectivity index (χ1n) is 12.0. The van der Waals surface area contributed by atoms with Crippen LogP contribution in [0.1, 0.15) is 57.9 Å². The zero-order valence-electron chi connectivity index (χ0n) is 20.2. The summed E-state index contributed by atoms with van der Waals surface area (Å²) >= 11 is 0. The molecule has 4 atom stereocenters. The van der Waals surface area contributed by atoms with Crippen LogP contribution in [0.5, 0.6) is 0 Å². The largest absolute Gasteiger partial charge is 0.350 e. The number of ether oxygens (including phenoxy) is 1. The quantitative estimate of drug-likeness (QED) is 0.258. The van der Waals surface area contributed by atoms with E-state index >= 15 is 0 Å². The molecule has 0 radical (unpaired) electrons. The SMILES string of the molecule is C=C[C@]1(C)CC[C@@H](C(=C)CN(OC2CCCCO2)C(=O)/C=C/c2cccnc2)C[C@H]1C(=C)C. The molecule has 178 valence electrons. The van der Waals surface area contributed by atoms with Crippen LogP contribution in [-0.4, -0.2) is 35.4 Å². The Balaban J connectivity index is 1.71. The maximum atomic E-state index is 13.1. The van der Waals surface area contributed by atoms with Gasteiger partial charge in [-0.05, 0) is 74.0 Å². The molecule has 3 rings (SSSR count). The molecule has 5 nitrogen and oxygen atoms in total. The van der Waals surface area contributed by atoms with Gasteiger partial charge in [0.05, 0.1) is 6.54 Å². The van der Waals surface area contributed by atoms with Crippen molar-refractivity contribution in [1.82, 2.24) is 10.0 Å². The minimum atomic E-state index is -0.402. The van der Waals surface area contributed by atoms with Crippen LogP contribution in [0, 0.1) is 17.3 Å². The number of nitrogens with zero attached hydrogens (tertiary/aromatic N) is 2. The lowest BCUT2D eigenvalue weighted by atomic mass is 9.61. The summed E-state index contributed by atoms with van der Waals surface area (Å²) in [6.07, 6.45) is 14.2. The second-order valence-corrected chi connectivity index (χ2v) is 9.63. The van der Waals surface area contributed by atoms with Gasteiger partial charge in [0, 0.05) is 31.5 Å². The van der Waals surface area contributed by atoms with Gasteiger partial charge in [-0.2, -0.15) is 0 Å². The lowest BCUT2D eigenvalue weighted by Gasteiger charge is -2.44. The molecule has 0 spiro atoms. The van der Waals surface area contributed by atoms with Crippen LogP contribution >= 0.6 is 0 Å². The van der Waals surface area contributed by atoms with E-state index in [9.17, 15) is 4.79 Å². The number of hydrogen-bond acceptors (Lipinski definition) is 4. The van der Waals surface area contributed by atoms with Gasteiger partial charge in [-0.15, -0.1) is 6.58 Å². The van der Waals surface area contributed by atoms with Gasteiger partial charge >= 0.3 is 0 Å². The predicted octanol–water partition coefficient (Wildman–Crippen LogP) is 6.12. The van der Waals surface area contributed by atoms with E-state index in [0.29, 0.717) is 25.0 Å². The van der Waals surface area contributed by atoms with Gasteiger partial charge in [0.15, 0.2) is 6.29 Å². The third kappa shape index (κ3) is 6.75. The molecular weight excluding hydrogens is 412 g/mol. The molecule has 2 fully saturated rings. The summed E-state index contributed by atoms with van der Waals surface area (Å²) in [7, 11) is 0. The molecule has 1 unspecified atom stereocenters. The maximum absolute atomic E-state index is 13.1. The molecule has 1 aromatic rings.